The molecule has 0 radical (unpaired) electrons. The largest absolute Gasteiger partial charge is 0.481 e. The van der Waals surface area contributed by atoms with Gasteiger partial charge in [-0.1, -0.05) is 20.3 Å². The number of carbonyl (C=O) groups excluding carboxylic acids is 1. The van der Waals surface area contributed by atoms with Gasteiger partial charge in [-0.3, -0.25) is 9.59 Å². The second-order valence-electron chi connectivity index (χ2n) is 6.39. The lowest BCUT2D eigenvalue weighted by Crippen LogP contribution is -2.47. The summed E-state index contributed by atoms with van der Waals surface area (Å²) in [6.45, 7) is 5.03. The summed E-state index contributed by atoms with van der Waals surface area (Å²) in [5, 5.41) is 9.40. The summed E-state index contributed by atoms with van der Waals surface area (Å²) >= 11 is 0. The Balaban J connectivity index is 2.11. The van der Waals surface area contributed by atoms with Crippen LogP contribution in [0.5, 0.6) is 0 Å². The average Bonchev–Trinajstić information content (AvgIpc) is 2.91. The number of likely N-dealkylation sites (tertiary alicyclic amines) is 1. The van der Waals surface area contributed by atoms with Crippen LogP contribution >= 0.6 is 0 Å². The summed E-state index contributed by atoms with van der Waals surface area (Å²) in [5.41, 5.74) is 0. The first-order valence-electron chi connectivity index (χ1n) is 8.11. The minimum Gasteiger partial charge on any atom is -0.481 e. The maximum absolute atomic E-state index is 12.8. The van der Waals surface area contributed by atoms with Crippen LogP contribution in [-0.4, -0.2) is 34.5 Å². The van der Waals surface area contributed by atoms with E-state index in [2.05, 4.69) is 13.8 Å². The molecule has 1 amide bonds. The third kappa shape index (κ3) is 2.99. The first-order valence-corrected chi connectivity index (χ1v) is 8.11. The van der Waals surface area contributed by atoms with E-state index in [-0.39, 0.29) is 11.8 Å². The average molecular weight is 281 g/mol. The van der Waals surface area contributed by atoms with Crippen LogP contribution in [0.25, 0.3) is 0 Å². The quantitative estimate of drug-likeness (QED) is 0.862. The number of carboxylic acid groups (broad SMARTS) is 1. The lowest BCUT2D eigenvalue weighted by molar-refractivity contribution is -0.150. The Morgan fingerprint density at radius 1 is 1.10 bits per heavy atom. The molecule has 1 aliphatic carbocycles. The SMILES string of the molecule is CCC1CC(C(=O)O)C(C(=O)N2CCCCC2CC)C1. The van der Waals surface area contributed by atoms with E-state index in [1.165, 1.54) is 6.42 Å². The zero-order chi connectivity index (χ0) is 14.7. The molecule has 20 heavy (non-hydrogen) atoms. The van der Waals surface area contributed by atoms with Crippen LogP contribution in [0.4, 0.5) is 0 Å². The Morgan fingerprint density at radius 2 is 1.80 bits per heavy atom. The normalized spacial score (nSPS) is 34.2. The molecule has 4 unspecified atom stereocenters. The predicted octanol–water partition coefficient (Wildman–Crippen LogP) is 2.91. The van der Waals surface area contributed by atoms with Crippen LogP contribution in [0.3, 0.4) is 0 Å². The fourth-order valence-corrected chi connectivity index (χ4v) is 3.95. The molecule has 1 aliphatic heterocycles. The minimum absolute atomic E-state index is 0.111. The van der Waals surface area contributed by atoms with Crippen molar-refractivity contribution >= 4 is 11.9 Å². The maximum Gasteiger partial charge on any atom is 0.307 e. The van der Waals surface area contributed by atoms with E-state index in [1.54, 1.807) is 0 Å². The van der Waals surface area contributed by atoms with Crippen molar-refractivity contribution in [2.45, 2.75) is 64.8 Å². The highest BCUT2D eigenvalue weighted by atomic mass is 16.4. The molecule has 2 rings (SSSR count). The number of carboxylic acids is 1. The molecule has 4 heteroatoms. The third-order valence-electron chi connectivity index (χ3n) is 5.25. The summed E-state index contributed by atoms with van der Waals surface area (Å²) in [4.78, 5) is 26.2. The van der Waals surface area contributed by atoms with Gasteiger partial charge >= 0.3 is 5.97 Å². The molecule has 4 nitrogen and oxygen atoms in total. The molecule has 1 heterocycles. The molecule has 2 aliphatic rings. The summed E-state index contributed by atoms with van der Waals surface area (Å²) in [6.07, 6.45) is 6.71. The molecule has 0 spiro atoms. The van der Waals surface area contributed by atoms with Gasteiger partial charge in [0.05, 0.1) is 11.8 Å². The lowest BCUT2D eigenvalue weighted by atomic mass is 9.91. The van der Waals surface area contributed by atoms with Gasteiger partial charge in [0.1, 0.15) is 0 Å². The fraction of sp³-hybridized carbons (Fsp3) is 0.875. The number of hydrogen-bond acceptors (Lipinski definition) is 2. The van der Waals surface area contributed by atoms with Gasteiger partial charge in [-0.25, -0.2) is 0 Å². The van der Waals surface area contributed by atoms with E-state index in [0.717, 1.165) is 38.6 Å². The first kappa shape index (κ1) is 15.3. The van der Waals surface area contributed by atoms with E-state index >= 15 is 0 Å². The third-order valence-corrected chi connectivity index (χ3v) is 5.25. The number of rotatable bonds is 4. The molecule has 0 aromatic rings. The van der Waals surface area contributed by atoms with Gasteiger partial charge in [-0.15, -0.1) is 0 Å². The Hall–Kier alpha value is -1.06. The highest BCUT2D eigenvalue weighted by molar-refractivity contribution is 5.85. The Morgan fingerprint density at radius 3 is 2.40 bits per heavy atom. The molecule has 0 bridgehead atoms. The van der Waals surface area contributed by atoms with Crippen molar-refractivity contribution in [1.82, 2.24) is 4.90 Å². The number of aliphatic carboxylic acids is 1. The molecular weight excluding hydrogens is 254 g/mol. The van der Waals surface area contributed by atoms with E-state index in [0.29, 0.717) is 18.4 Å². The molecule has 114 valence electrons. The second-order valence-corrected chi connectivity index (χ2v) is 6.39. The molecule has 4 atom stereocenters. The molecule has 2 fully saturated rings. The number of piperidine rings is 1. The zero-order valence-electron chi connectivity index (χ0n) is 12.7. The molecule has 0 aromatic heterocycles. The van der Waals surface area contributed by atoms with Gasteiger partial charge in [0.25, 0.3) is 0 Å². The van der Waals surface area contributed by atoms with Crippen molar-refractivity contribution in [1.29, 1.82) is 0 Å². The maximum atomic E-state index is 12.8. The second kappa shape index (κ2) is 6.59. The van der Waals surface area contributed by atoms with Crippen LogP contribution in [0, 0.1) is 17.8 Å². The van der Waals surface area contributed by atoms with E-state index in [4.69, 9.17) is 0 Å². The lowest BCUT2D eigenvalue weighted by Gasteiger charge is -2.37. The summed E-state index contributed by atoms with van der Waals surface area (Å²) in [5.74, 6) is -1.03. The van der Waals surface area contributed by atoms with E-state index < -0.39 is 11.9 Å². The van der Waals surface area contributed by atoms with Gasteiger partial charge in [0, 0.05) is 12.6 Å². The van der Waals surface area contributed by atoms with Crippen LogP contribution in [0.2, 0.25) is 0 Å². The number of nitrogens with zero attached hydrogens (tertiary/aromatic N) is 1. The highest BCUT2D eigenvalue weighted by Crippen LogP contribution is 2.40. The summed E-state index contributed by atoms with van der Waals surface area (Å²) in [7, 11) is 0. The number of hydrogen-bond donors (Lipinski definition) is 1. The van der Waals surface area contributed by atoms with Gasteiger partial charge in [-0.2, -0.15) is 0 Å². The number of amides is 1. The van der Waals surface area contributed by atoms with Crippen molar-refractivity contribution in [2.75, 3.05) is 6.54 Å². The van der Waals surface area contributed by atoms with Crippen molar-refractivity contribution in [3.63, 3.8) is 0 Å². The van der Waals surface area contributed by atoms with Crippen molar-refractivity contribution < 1.29 is 14.7 Å². The zero-order valence-corrected chi connectivity index (χ0v) is 12.7. The van der Waals surface area contributed by atoms with Crippen LogP contribution in [0.1, 0.15) is 58.8 Å². The van der Waals surface area contributed by atoms with Gasteiger partial charge in [0.15, 0.2) is 0 Å². The fourth-order valence-electron chi connectivity index (χ4n) is 3.95. The summed E-state index contributed by atoms with van der Waals surface area (Å²) in [6, 6.07) is 0.325. The standard InChI is InChI=1S/C16H27NO3/c1-3-11-9-13(14(10-11)16(19)20)15(18)17-8-6-5-7-12(17)4-2/h11-14H,3-10H2,1-2H3,(H,19,20). The molecule has 1 saturated heterocycles. The molecular formula is C16H27NO3. The van der Waals surface area contributed by atoms with Crippen molar-refractivity contribution in [3.05, 3.63) is 0 Å². The van der Waals surface area contributed by atoms with Crippen molar-refractivity contribution in [3.8, 4) is 0 Å². The van der Waals surface area contributed by atoms with Crippen LogP contribution in [-0.2, 0) is 9.59 Å². The number of carbonyl (C=O) groups is 2. The van der Waals surface area contributed by atoms with Crippen LogP contribution in [0.15, 0.2) is 0 Å². The van der Waals surface area contributed by atoms with E-state index in [1.807, 2.05) is 4.90 Å². The van der Waals surface area contributed by atoms with Gasteiger partial charge < -0.3 is 10.0 Å². The molecule has 1 saturated carbocycles. The Bertz CT molecular complexity index is 369. The Labute approximate surface area is 121 Å². The van der Waals surface area contributed by atoms with E-state index in [9.17, 15) is 14.7 Å². The Kier molecular flexibility index (Phi) is 5.06. The van der Waals surface area contributed by atoms with Gasteiger partial charge in [0.2, 0.25) is 5.91 Å². The summed E-state index contributed by atoms with van der Waals surface area (Å²) < 4.78 is 0. The van der Waals surface area contributed by atoms with Crippen molar-refractivity contribution in [2.24, 2.45) is 17.8 Å². The predicted molar refractivity (Wildman–Crippen MR) is 77.3 cm³/mol. The topological polar surface area (TPSA) is 57.6 Å². The van der Waals surface area contributed by atoms with Crippen LogP contribution < -0.4 is 0 Å². The van der Waals surface area contributed by atoms with Gasteiger partial charge in [-0.05, 0) is 44.4 Å². The minimum atomic E-state index is -0.788. The highest BCUT2D eigenvalue weighted by Gasteiger charge is 2.44. The molecule has 1 N–H and O–H groups in total. The smallest absolute Gasteiger partial charge is 0.307 e. The monoisotopic (exact) mass is 281 g/mol. The first-order chi connectivity index (χ1) is 9.58. The molecule has 0 aromatic carbocycles.